The van der Waals surface area contributed by atoms with Gasteiger partial charge < -0.3 is 0 Å². The second-order valence-corrected chi connectivity index (χ2v) is 5.62. The summed E-state index contributed by atoms with van der Waals surface area (Å²) in [6.45, 7) is 1.58. The molecule has 1 unspecified atom stereocenters. The first-order valence-electron chi connectivity index (χ1n) is 4.65. The van der Waals surface area contributed by atoms with Crippen LogP contribution in [0.3, 0.4) is 0 Å². The van der Waals surface area contributed by atoms with Crippen molar-refractivity contribution in [2.24, 2.45) is 5.92 Å². The second-order valence-electron chi connectivity index (χ2n) is 3.33. The van der Waals surface area contributed by atoms with E-state index in [-0.39, 0.29) is 13.6 Å². The average molecular weight is 336 g/mol. The van der Waals surface area contributed by atoms with Crippen LogP contribution in [0, 0.1) is 43.2 Å². The Morgan fingerprint density at radius 1 is 1.33 bits per heavy atom. The van der Waals surface area contributed by atoms with Gasteiger partial charge in [0.15, 0.2) is 0 Å². The van der Waals surface area contributed by atoms with Gasteiger partial charge in [0.05, 0.1) is 0 Å². The Kier molecular flexibility index (Phi) is 5.57. The van der Waals surface area contributed by atoms with Gasteiger partial charge in [-0.05, 0) is 0 Å². The summed E-state index contributed by atoms with van der Waals surface area (Å²) >= 11 is -2.15. The van der Waals surface area contributed by atoms with Crippen LogP contribution in [0.2, 0.25) is 0 Å². The van der Waals surface area contributed by atoms with E-state index in [2.05, 4.69) is 0 Å². The van der Waals surface area contributed by atoms with Gasteiger partial charge in [0.25, 0.3) is 0 Å². The third kappa shape index (κ3) is 4.09. The SMILES string of the molecule is CC(C(=O)Cc1ccccc1)[C](=O)[Nd][OH]. The minimum atomic E-state index is -2.15. The second kappa shape index (κ2) is 6.45. The molecule has 1 aromatic rings. The van der Waals surface area contributed by atoms with Crippen molar-refractivity contribution in [3.05, 3.63) is 35.9 Å². The van der Waals surface area contributed by atoms with Gasteiger partial charge in [-0.25, -0.2) is 0 Å². The van der Waals surface area contributed by atoms with E-state index in [1.807, 2.05) is 30.3 Å². The Bertz CT molecular complexity index is 348. The summed E-state index contributed by atoms with van der Waals surface area (Å²) in [7, 11) is 0. The molecule has 1 aromatic carbocycles. The summed E-state index contributed by atoms with van der Waals surface area (Å²) in [6.07, 6.45) is 0.275. The first kappa shape index (κ1) is 12.9. The molecule has 0 aromatic heterocycles. The topological polar surface area (TPSA) is 54.4 Å². The fraction of sp³-hybridized carbons (Fsp3) is 0.273. The fourth-order valence-electron chi connectivity index (χ4n) is 1.19. The van der Waals surface area contributed by atoms with Gasteiger partial charge in [-0.15, -0.1) is 0 Å². The molecule has 78 valence electrons. The van der Waals surface area contributed by atoms with E-state index in [0.29, 0.717) is 0 Å². The molecule has 4 heteroatoms. The van der Waals surface area contributed by atoms with Gasteiger partial charge in [0, 0.05) is 0 Å². The van der Waals surface area contributed by atoms with Crippen LogP contribution in [0.15, 0.2) is 30.3 Å². The van der Waals surface area contributed by atoms with Crippen LogP contribution in [0.25, 0.3) is 0 Å². The van der Waals surface area contributed by atoms with Crippen molar-refractivity contribution < 1.29 is 48.3 Å². The van der Waals surface area contributed by atoms with E-state index >= 15 is 0 Å². The van der Waals surface area contributed by atoms with E-state index < -0.39 is 43.2 Å². The summed E-state index contributed by atoms with van der Waals surface area (Å²) in [4.78, 5) is 22.8. The van der Waals surface area contributed by atoms with E-state index in [9.17, 15) is 9.59 Å². The van der Waals surface area contributed by atoms with Crippen molar-refractivity contribution >= 4 is 7.22 Å². The van der Waals surface area contributed by atoms with Crippen LogP contribution >= 0.6 is 0 Å². The fourth-order valence-corrected chi connectivity index (χ4v) is 2.33. The Balaban J connectivity index is 2.60. The predicted molar refractivity (Wildman–Crippen MR) is 51.5 cm³/mol. The number of hydrogen-bond donors (Lipinski definition) is 1. The number of benzene rings is 1. The van der Waals surface area contributed by atoms with Crippen molar-refractivity contribution in [1.29, 1.82) is 0 Å². The predicted octanol–water partition coefficient (Wildman–Crippen LogP) is 0.953. The van der Waals surface area contributed by atoms with Crippen LogP contribution in [0.4, 0.5) is 0 Å². The summed E-state index contributed by atoms with van der Waals surface area (Å²) in [6, 6.07) is 9.32. The van der Waals surface area contributed by atoms with Crippen molar-refractivity contribution in [1.82, 2.24) is 0 Å². The monoisotopic (exact) mass is 334 g/mol. The molecule has 1 rings (SSSR count). The minimum absolute atomic E-state index is 0.104. The normalized spacial score (nSPS) is 11.9. The van der Waals surface area contributed by atoms with Crippen LogP contribution in [0.1, 0.15) is 12.5 Å². The molecule has 0 saturated carbocycles. The molecule has 0 spiro atoms. The third-order valence-corrected chi connectivity index (χ3v) is 4.30. The summed E-state index contributed by atoms with van der Waals surface area (Å²) in [5.41, 5.74) is 0.911. The average Bonchev–Trinajstić information content (AvgIpc) is 2.28. The zero-order valence-corrected chi connectivity index (χ0v) is 11.6. The van der Waals surface area contributed by atoms with Gasteiger partial charge in [-0.2, -0.15) is 0 Å². The molecule has 0 radical (unpaired) electrons. The molecule has 0 aliphatic rings. The molecule has 0 fully saturated rings. The van der Waals surface area contributed by atoms with Gasteiger partial charge in [-0.3, -0.25) is 0 Å². The van der Waals surface area contributed by atoms with E-state index in [1.165, 1.54) is 0 Å². The van der Waals surface area contributed by atoms with E-state index in [0.717, 1.165) is 5.56 Å². The maximum atomic E-state index is 11.6. The first-order valence-corrected chi connectivity index (χ1v) is 7.69. The molecule has 0 heterocycles. The summed E-state index contributed by atoms with van der Waals surface area (Å²) in [5, 5.41) is 0. The molecule has 0 aliphatic heterocycles. The summed E-state index contributed by atoms with van der Waals surface area (Å²) < 4.78 is 8.59. The van der Waals surface area contributed by atoms with Gasteiger partial charge in [0.1, 0.15) is 0 Å². The van der Waals surface area contributed by atoms with Crippen molar-refractivity contribution in [3.63, 3.8) is 0 Å². The van der Waals surface area contributed by atoms with Crippen molar-refractivity contribution in [3.8, 4) is 0 Å². The molecule has 0 saturated heterocycles. The van der Waals surface area contributed by atoms with Gasteiger partial charge >= 0.3 is 111 Å². The zero-order valence-electron chi connectivity index (χ0n) is 8.43. The number of ketones is 1. The van der Waals surface area contributed by atoms with Crippen LogP contribution < -0.4 is 0 Å². The van der Waals surface area contributed by atoms with Crippen LogP contribution in [-0.2, 0) is 16.0 Å². The molecule has 0 amide bonds. The molecule has 0 bridgehead atoms. The molecular weight excluding hydrogens is 324 g/mol. The van der Waals surface area contributed by atoms with Crippen LogP contribution in [-0.4, -0.2) is 8.65 Å². The van der Waals surface area contributed by atoms with E-state index in [1.54, 1.807) is 6.92 Å². The third-order valence-electron chi connectivity index (χ3n) is 2.21. The number of rotatable bonds is 5. The Hall–Kier alpha value is -0.129. The van der Waals surface area contributed by atoms with E-state index in [4.69, 9.17) is 1.43 Å². The van der Waals surface area contributed by atoms with Crippen molar-refractivity contribution in [2.75, 3.05) is 0 Å². The molecule has 1 N–H and O–H groups in total. The number of carbonyl (C=O) groups is 2. The summed E-state index contributed by atoms with van der Waals surface area (Å²) in [5.74, 6) is -0.730. The standard InChI is InChI=1S/C11H11O2.Nd.H2O/c1-9(8-12)11(13)7-10-5-3-2-4-6-10;;/h2-6,9H,7H2,1H3;;1H2/q;+1;/p-1. The molecule has 3 nitrogen and oxygen atoms in total. The maximum absolute atomic E-state index is 11.6. The van der Waals surface area contributed by atoms with Crippen LogP contribution in [0.5, 0.6) is 0 Å². The molecular formula is C11H12NdO3. The molecule has 1 atom stereocenters. The quantitative estimate of drug-likeness (QED) is 0.815. The Labute approximate surface area is 110 Å². The zero-order chi connectivity index (χ0) is 11.3. The molecule has 15 heavy (non-hydrogen) atoms. The Morgan fingerprint density at radius 2 is 1.93 bits per heavy atom. The van der Waals surface area contributed by atoms with Gasteiger partial charge in [0.2, 0.25) is 0 Å². The molecule has 0 aliphatic carbocycles. The van der Waals surface area contributed by atoms with Gasteiger partial charge in [-0.1, -0.05) is 0 Å². The first-order chi connectivity index (χ1) is 7.15. The van der Waals surface area contributed by atoms with Crippen molar-refractivity contribution in [2.45, 2.75) is 13.3 Å². The Morgan fingerprint density at radius 3 is 2.47 bits per heavy atom. The number of hydrogen-bond acceptors (Lipinski definition) is 3. The number of carbonyl (C=O) groups excluding carboxylic acids is 2. The number of Topliss-reactive ketones (excluding diaryl/α,β-unsaturated/α-hetero) is 1.